The number of rotatable bonds is 2. The van der Waals surface area contributed by atoms with Gasteiger partial charge in [-0.15, -0.1) is 0 Å². The molecule has 0 saturated heterocycles. The van der Waals surface area contributed by atoms with Crippen LogP contribution in [0, 0.1) is 0 Å². The molecule has 0 unspecified atom stereocenters. The van der Waals surface area contributed by atoms with Gasteiger partial charge in [0.1, 0.15) is 6.10 Å². The number of anilines is 1. The van der Waals surface area contributed by atoms with Gasteiger partial charge in [-0.2, -0.15) is 0 Å². The van der Waals surface area contributed by atoms with Crippen LogP contribution in [0.15, 0.2) is 36.0 Å². The average Bonchev–Trinajstić information content (AvgIpc) is 2.58. The molecule has 0 amide bonds. The van der Waals surface area contributed by atoms with E-state index in [-0.39, 0.29) is 6.04 Å². The highest BCUT2D eigenvalue weighted by molar-refractivity contribution is 5.95. The molecule has 0 heterocycles. The van der Waals surface area contributed by atoms with Gasteiger partial charge in [-0.05, 0) is 18.2 Å². The molecule has 0 saturated carbocycles. The maximum atomic E-state index is 11.8. The van der Waals surface area contributed by atoms with Gasteiger partial charge in [0, 0.05) is 17.8 Å². The minimum atomic E-state index is -0.477. The first-order chi connectivity index (χ1) is 8.08. The van der Waals surface area contributed by atoms with Gasteiger partial charge in [0.05, 0.1) is 11.6 Å². The lowest BCUT2D eigenvalue weighted by Crippen LogP contribution is -2.33. The first kappa shape index (κ1) is 11.5. The fourth-order valence-corrected chi connectivity index (χ4v) is 1.78. The second kappa shape index (κ2) is 4.47. The monoisotopic (exact) mass is 233 g/mol. The first-order valence-electron chi connectivity index (χ1n) is 5.35. The van der Waals surface area contributed by atoms with E-state index in [4.69, 9.17) is 21.9 Å². The summed E-state index contributed by atoms with van der Waals surface area (Å²) < 4.78 is 5.26. The summed E-state index contributed by atoms with van der Waals surface area (Å²) in [7, 11) is 0. The number of hydrogen-bond acceptors (Lipinski definition) is 5. The molecule has 6 N–H and O–H groups in total. The molecule has 0 aromatic heterocycles. The Bertz CT molecular complexity index is 471. The Morgan fingerprint density at radius 2 is 2.00 bits per heavy atom. The van der Waals surface area contributed by atoms with E-state index >= 15 is 0 Å². The van der Waals surface area contributed by atoms with Crippen LogP contribution in [0.2, 0.25) is 0 Å². The number of hydrogen-bond donors (Lipinski definition) is 3. The molecule has 2 atom stereocenters. The van der Waals surface area contributed by atoms with Gasteiger partial charge in [0.25, 0.3) is 0 Å². The highest BCUT2D eigenvalue weighted by Gasteiger charge is 2.27. The third-order valence-electron chi connectivity index (χ3n) is 2.70. The van der Waals surface area contributed by atoms with E-state index in [1.807, 2.05) is 0 Å². The van der Waals surface area contributed by atoms with Gasteiger partial charge in [-0.1, -0.05) is 12.1 Å². The standard InChI is InChI=1S/C12H15N3O2/c13-7-5-10(15)11(6-7)17-12(16)8-3-1-2-4-9(8)14/h1-4,6,10-11H,5,13-15H2/t10-,11-/m1/s1. The van der Waals surface area contributed by atoms with Crippen molar-refractivity contribution in [2.24, 2.45) is 11.5 Å². The second-order valence-electron chi connectivity index (χ2n) is 4.07. The third-order valence-corrected chi connectivity index (χ3v) is 2.70. The van der Waals surface area contributed by atoms with Crippen LogP contribution in [0.1, 0.15) is 16.8 Å². The molecule has 0 radical (unpaired) electrons. The van der Waals surface area contributed by atoms with E-state index in [1.54, 1.807) is 30.3 Å². The molecule has 0 aliphatic heterocycles. The maximum absolute atomic E-state index is 11.8. The van der Waals surface area contributed by atoms with Crippen molar-refractivity contribution < 1.29 is 9.53 Å². The molecule has 0 spiro atoms. The molecule has 17 heavy (non-hydrogen) atoms. The molecule has 5 heteroatoms. The Hall–Kier alpha value is -2.01. The maximum Gasteiger partial charge on any atom is 0.340 e. The van der Waals surface area contributed by atoms with E-state index in [0.29, 0.717) is 23.4 Å². The Kier molecular flexibility index (Phi) is 3.01. The van der Waals surface area contributed by atoms with Gasteiger partial charge in [-0.3, -0.25) is 0 Å². The summed E-state index contributed by atoms with van der Waals surface area (Å²) in [6, 6.07) is 6.47. The van der Waals surface area contributed by atoms with Crippen molar-refractivity contribution in [3.8, 4) is 0 Å². The summed E-state index contributed by atoms with van der Waals surface area (Å²) in [6.45, 7) is 0. The van der Waals surface area contributed by atoms with E-state index in [2.05, 4.69) is 0 Å². The van der Waals surface area contributed by atoms with E-state index in [1.165, 1.54) is 0 Å². The van der Waals surface area contributed by atoms with Crippen molar-refractivity contribution in [1.82, 2.24) is 0 Å². The van der Waals surface area contributed by atoms with Crippen LogP contribution in [-0.2, 0) is 4.74 Å². The molecule has 2 rings (SSSR count). The van der Waals surface area contributed by atoms with Crippen LogP contribution in [-0.4, -0.2) is 18.1 Å². The van der Waals surface area contributed by atoms with Crippen molar-refractivity contribution in [3.63, 3.8) is 0 Å². The van der Waals surface area contributed by atoms with Crippen molar-refractivity contribution in [3.05, 3.63) is 41.6 Å². The molecule has 0 fully saturated rings. The Balaban J connectivity index is 2.10. The van der Waals surface area contributed by atoms with Gasteiger partial charge in [-0.25, -0.2) is 4.79 Å². The number of para-hydroxylation sites is 1. The van der Waals surface area contributed by atoms with Gasteiger partial charge >= 0.3 is 5.97 Å². The zero-order chi connectivity index (χ0) is 12.4. The minimum Gasteiger partial charge on any atom is -0.453 e. The summed E-state index contributed by atoms with van der Waals surface area (Å²) in [5, 5.41) is 0. The highest BCUT2D eigenvalue weighted by Crippen LogP contribution is 2.19. The predicted octanol–water partition coefficient (Wildman–Crippen LogP) is 0.368. The molecule has 1 aliphatic rings. The fraction of sp³-hybridized carbons (Fsp3) is 0.250. The largest absolute Gasteiger partial charge is 0.453 e. The number of nitrogen functional groups attached to an aromatic ring is 1. The molecule has 5 nitrogen and oxygen atoms in total. The number of benzene rings is 1. The van der Waals surface area contributed by atoms with Gasteiger partial charge in [0.15, 0.2) is 0 Å². The van der Waals surface area contributed by atoms with Crippen LogP contribution in [0.3, 0.4) is 0 Å². The first-order valence-corrected chi connectivity index (χ1v) is 5.35. The van der Waals surface area contributed by atoms with Crippen LogP contribution in [0.4, 0.5) is 5.69 Å². The van der Waals surface area contributed by atoms with Crippen LogP contribution in [0.5, 0.6) is 0 Å². The fourth-order valence-electron chi connectivity index (χ4n) is 1.78. The quantitative estimate of drug-likeness (QED) is 0.505. The van der Waals surface area contributed by atoms with Crippen molar-refractivity contribution in [2.45, 2.75) is 18.6 Å². The topological polar surface area (TPSA) is 104 Å². The Morgan fingerprint density at radius 1 is 1.29 bits per heavy atom. The lowest BCUT2D eigenvalue weighted by molar-refractivity contribution is 0.0367. The number of ether oxygens (including phenoxy) is 1. The van der Waals surface area contributed by atoms with Gasteiger partial charge in [0.2, 0.25) is 0 Å². The highest BCUT2D eigenvalue weighted by atomic mass is 16.5. The summed E-state index contributed by atoms with van der Waals surface area (Å²) >= 11 is 0. The summed E-state index contributed by atoms with van der Waals surface area (Å²) in [5.41, 5.74) is 18.5. The Labute approximate surface area is 99.2 Å². The molecular formula is C12H15N3O2. The minimum absolute atomic E-state index is 0.274. The molecule has 0 bridgehead atoms. The molecule has 90 valence electrons. The number of carbonyl (C=O) groups is 1. The summed E-state index contributed by atoms with van der Waals surface area (Å²) in [4.78, 5) is 11.8. The van der Waals surface area contributed by atoms with E-state index in [9.17, 15) is 4.79 Å². The molecule has 1 aromatic rings. The van der Waals surface area contributed by atoms with Crippen LogP contribution < -0.4 is 17.2 Å². The van der Waals surface area contributed by atoms with Gasteiger partial charge < -0.3 is 21.9 Å². The van der Waals surface area contributed by atoms with Crippen molar-refractivity contribution in [2.75, 3.05) is 5.73 Å². The average molecular weight is 233 g/mol. The third kappa shape index (κ3) is 2.39. The molecule has 1 aromatic carbocycles. The lowest BCUT2D eigenvalue weighted by atomic mass is 10.2. The zero-order valence-corrected chi connectivity index (χ0v) is 9.30. The smallest absolute Gasteiger partial charge is 0.340 e. The normalized spacial score (nSPS) is 23.2. The molecular weight excluding hydrogens is 218 g/mol. The predicted molar refractivity (Wildman–Crippen MR) is 64.9 cm³/mol. The molecule has 1 aliphatic carbocycles. The second-order valence-corrected chi connectivity index (χ2v) is 4.07. The SMILES string of the molecule is NC1=C[C@@H](OC(=O)c2ccccc2N)[C@H](N)C1. The Morgan fingerprint density at radius 3 is 2.59 bits per heavy atom. The summed E-state index contributed by atoms with van der Waals surface area (Å²) in [6.07, 6.45) is 1.74. The van der Waals surface area contributed by atoms with E-state index in [0.717, 1.165) is 0 Å². The summed E-state index contributed by atoms with van der Waals surface area (Å²) in [5.74, 6) is -0.477. The number of carbonyl (C=O) groups excluding carboxylic acids is 1. The van der Waals surface area contributed by atoms with Crippen LogP contribution >= 0.6 is 0 Å². The zero-order valence-electron chi connectivity index (χ0n) is 9.30. The van der Waals surface area contributed by atoms with E-state index < -0.39 is 12.1 Å². The van der Waals surface area contributed by atoms with Crippen LogP contribution in [0.25, 0.3) is 0 Å². The van der Waals surface area contributed by atoms with Crippen molar-refractivity contribution >= 4 is 11.7 Å². The van der Waals surface area contributed by atoms with Crippen molar-refractivity contribution in [1.29, 1.82) is 0 Å². The number of esters is 1. The lowest BCUT2D eigenvalue weighted by Gasteiger charge is -2.15. The number of nitrogens with two attached hydrogens (primary N) is 3.